The molecule has 0 fully saturated rings. The molecule has 0 aliphatic carbocycles. The lowest BCUT2D eigenvalue weighted by Crippen LogP contribution is -2.45. The third-order valence-electron chi connectivity index (χ3n) is 2.90. The molecule has 1 aromatic rings. The number of nitrogens with two attached hydrogens (primary N) is 1. The molecular formula is C13H18N2O5. The fourth-order valence-electron chi connectivity index (χ4n) is 1.55. The molecular weight excluding hydrogens is 264 g/mol. The first-order valence-corrected chi connectivity index (χ1v) is 6.09. The molecule has 0 bridgehead atoms. The molecule has 2 unspecified atom stereocenters. The van der Waals surface area contributed by atoms with Crippen LogP contribution in [0.4, 0.5) is 0 Å². The Balaban J connectivity index is 2.79. The maximum absolute atomic E-state index is 11.7. The topological polar surface area (TPSA) is 133 Å². The molecule has 0 saturated heterocycles. The number of carboxylic acid groups (broad SMARTS) is 1. The van der Waals surface area contributed by atoms with E-state index in [0.717, 1.165) is 0 Å². The van der Waals surface area contributed by atoms with Crippen LogP contribution in [0.1, 0.15) is 12.5 Å². The second-order valence-electron chi connectivity index (χ2n) is 4.56. The third kappa shape index (κ3) is 4.13. The summed E-state index contributed by atoms with van der Waals surface area (Å²) in [7, 11) is 0. The van der Waals surface area contributed by atoms with E-state index >= 15 is 0 Å². The van der Waals surface area contributed by atoms with Crippen LogP contribution in [0.15, 0.2) is 18.2 Å². The Labute approximate surface area is 116 Å². The van der Waals surface area contributed by atoms with E-state index in [2.05, 4.69) is 5.32 Å². The largest absolute Gasteiger partial charge is 0.504 e. The molecule has 0 heterocycles. The number of carbonyl (C=O) groups excluding carboxylic acids is 1. The highest BCUT2D eigenvalue weighted by Crippen LogP contribution is 2.25. The van der Waals surface area contributed by atoms with Gasteiger partial charge in [-0.05, 0) is 17.7 Å². The van der Waals surface area contributed by atoms with E-state index in [1.54, 1.807) is 6.92 Å². The van der Waals surface area contributed by atoms with E-state index < -0.39 is 23.8 Å². The first-order chi connectivity index (χ1) is 9.35. The molecule has 0 aliphatic rings. The van der Waals surface area contributed by atoms with Gasteiger partial charge in [0.05, 0.1) is 0 Å². The summed E-state index contributed by atoms with van der Waals surface area (Å²) in [5, 5.41) is 30.0. The van der Waals surface area contributed by atoms with Crippen molar-refractivity contribution in [3.05, 3.63) is 23.8 Å². The zero-order valence-electron chi connectivity index (χ0n) is 11.0. The van der Waals surface area contributed by atoms with E-state index in [0.29, 0.717) is 5.56 Å². The Morgan fingerprint density at radius 2 is 1.95 bits per heavy atom. The summed E-state index contributed by atoms with van der Waals surface area (Å²) in [5.41, 5.74) is 5.82. The molecule has 0 spiro atoms. The van der Waals surface area contributed by atoms with Gasteiger partial charge in [-0.15, -0.1) is 0 Å². The van der Waals surface area contributed by atoms with Gasteiger partial charge >= 0.3 is 5.97 Å². The van der Waals surface area contributed by atoms with Gasteiger partial charge in [0.25, 0.3) is 0 Å². The second kappa shape index (κ2) is 6.76. The molecule has 1 rings (SSSR count). The van der Waals surface area contributed by atoms with Crippen molar-refractivity contribution in [3.63, 3.8) is 0 Å². The van der Waals surface area contributed by atoms with Crippen molar-refractivity contribution in [1.82, 2.24) is 5.32 Å². The van der Waals surface area contributed by atoms with E-state index in [-0.39, 0.29) is 24.5 Å². The Morgan fingerprint density at radius 1 is 1.30 bits per heavy atom. The number of amides is 1. The summed E-state index contributed by atoms with van der Waals surface area (Å²) in [6.07, 6.45) is -0.00773. The number of carbonyl (C=O) groups is 2. The molecule has 7 heteroatoms. The maximum atomic E-state index is 11.7. The number of aromatic hydroxyl groups is 2. The van der Waals surface area contributed by atoms with Crippen LogP contribution >= 0.6 is 0 Å². The number of rotatable bonds is 6. The van der Waals surface area contributed by atoms with Crippen LogP contribution in [-0.4, -0.2) is 39.8 Å². The predicted octanol–water partition coefficient (Wildman–Crippen LogP) is -0.195. The molecule has 0 radical (unpaired) electrons. The van der Waals surface area contributed by atoms with Crippen molar-refractivity contribution in [1.29, 1.82) is 0 Å². The Bertz CT molecular complexity index is 504. The van der Waals surface area contributed by atoms with Gasteiger partial charge in [0.2, 0.25) is 5.91 Å². The molecule has 0 saturated carbocycles. The molecule has 7 nitrogen and oxygen atoms in total. The lowest BCUT2D eigenvalue weighted by molar-refractivity contribution is -0.142. The van der Waals surface area contributed by atoms with E-state index in [9.17, 15) is 19.8 Å². The van der Waals surface area contributed by atoms with Gasteiger partial charge in [-0.1, -0.05) is 13.0 Å². The average molecular weight is 282 g/mol. The third-order valence-corrected chi connectivity index (χ3v) is 2.90. The summed E-state index contributed by atoms with van der Waals surface area (Å²) in [4.78, 5) is 22.8. The maximum Gasteiger partial charge on any atom is 0.326 e. The number of hydrogen-bond donors (Lipinski definition) is 5. The number of phenolic OH excluding ortho intramolecular Hbond substituents is 2. The van der Waals surface area contributed by atoms with E-state index in [1.165, 1.54) is 18.2 Å². The normalized spacial score (nSPS) is 13.5. The molecule has 1 aromatic carbocycles. The van der Waals surface area contributed by atoms with Gasteiger partial charge in [-0.2, -0.15) is 0 Å². The molecule has 110 valence electrons. The lowest BCUT2D eigenvalue weighted by Gasteiger charge is -2.17. The fraction of sp³-hybridized carbons (Fsp3) is 0.385. The molecule has 20 heavy (non-hydrogen) atoms. The SMILES string of the molecule is CC(CN)C(=O)NC(Cc1ccc(O)c(O)c1)C(=O)O. The van der Waals surface area contributed by atoms with Crippen LogP contribution in [0.2, 0.25) is 0 Å². The monoisotopic (exact) mass is 282 g/mol. The molecule has 6 N–H and O–H groups in total. The van der Waals surface area contributed by atoms with Crippen LogP contribution in [0, 0.1) is 5.92 Å². The summed E-state index contributed by atoms with van der Waals surface area (Å²) >= 11 is 0. The van der Waals surface area contributed by atoms with E-state index in [1.807, 2.05) is 0 Å². The molecule has 0 aliphatic heterocycles. The number of nitrogens with one attached hydrogen (secondary N) is 1. The smallest absolute Gasteiger partial charge is 0.326 e. The first kappa shape index (κ1) is 15.8. The summed E-state index contributed by atoms with van der Waals surface area (Å²) in [6.45, 7) is 1.72. The van der Waals surface area contributed by atoms with Crippen LogP contribution in [-0.2, 0) is 16.0 Å². The van der Waals surface area contributed by atoms with Crippen LogP contribution < -0.4 is 11.1 Å². The minimum absolute atomic E-state index is 0.00773. The molecule has 0 aromatic heterocycles. The van der Waals surface area contributed by atoms with Gasteiger partial charge in [0.1, 0.15) is 6.04 Å². The molecule has 1 amide bonds. The zero-order valence-corrected chi connectivity index (χ0v) is 11.0. The first-order valence-electron chi connectivity index (χ1n) is 6.09. The van der Waals surface area contributed by atoms with E-state index in [4.69, 9.17) is 10.8 Å². The summed E-state index contributed by atoms with van der Waals surface area (Å²) < 4.78 is 0. The van der Waals surface area contributed by atoms with Gasteiger partial charge in [0, 0.05) is 18.9 Å². The summed E-state index contributed by atoms with van der Waals surface area (Å²) in [5.74, 6) is -2.74. The highest BCUT2D eigenvalue weighted by atomic mass is 16.4. The average Bonchev–Trinajstić information content (AvgIpc) is 2.40. The van der Waals surface area contributed by atoms with Crippen molar-refractivity contribution in [2.45, 2.75) is 19.4 Å². The van der Waals surface area contributed by atoms with Crippen molar-refractivity contribution in [3.8, 4) is 11.5 Å². The number of benzene rings is 1. The minimum atomic E-state index is -1.19. The van der Waals surface area contributed by atoms with Gasteiger partial charge in [-0.25, -0.2) is 4.79 Å². The minimum Gasteiger partial charge on any atom is -0.504 e. The predicted molar refractivity (Wildman–Crippen MR) is 71.3 cm³/mol. The van der Waals surface area contributed by atoms with Crippen LogP contribution in [0.5, 0.6) is 11.5 Å². The summed E-state index contributed by atoms with van der Waals surface area (Å²) in [6, 6.07) is 2.86. The van der Waals surface area contributed by atoms with Crippen molar-refractivity contribution >= 4 is 11.9 Å². The molecule has 2 atom stereocenters. The Hall–Kier alpha value is -2.28. The Kier molecular flexibility index (Phi) is 5.33. The van der Waals surface area contributed by atoms with Crippen molar-refractivity contribution in [2.24, 2.45) is 11.7 Å². The van der Waals surface area contributed by atoms with Gasteiger partial charge < -0.3 is 26.4 Å². The number of aliphatic carboxylic acids is 1. The quantitative estimate of drug-likeness (QED) is 0.459. The second-order valence-corrected chi connectivity index (χ2v) is 4.56. The van der Waals surface area contributed by atoms with Crippen molar-refractivity contribution in [2.75, 3.05) is 6.54 Å². The standard InChI is InChI=1S/C13H18N2O5/c1-7(6-14)12(18)15-9(13(19)20)4-8-2-3-10(16)11(17)5-8/h2-3,5,7,9,16-17H,4,6,14H2,1H3,(H,15,18)(H,19,20). The highest BCUT2D eigenvalue weighted by Gasteiger charge is 2.23. The number of phenols is 2. The van der Waals surface area contributed by atoms with Crippen LogP contribution in [0.3, 0.4) is 0 Å². The van der Waals surface area contributed by atoms with Gasteiger partial charge in [0.15, 0.2) is 11.5 Å². The number of hydrogen-bond acceptors (Lipinski definition) is 5. The van der Waals surface area contributed by atoms with Crippen molar-refractivity contribution < 1.29 is 24.9 Å². The Morgan fingerprint density at radius 3 is 2.45 bits per heavy atom. The highest BCUT2D eigenvalue weighted by molar-refractivity contribution is 5.85. The number of carboxylic acids is 1. The fourth-order valence-corrected chi connectivity index (χ4v) is 1.55. The zero-order chi connectivity index (χ0) is 15.3. The van der Waals surface area contributed by atoms with Gasteiger partial charge in [-0.3, -0.25) is 4.79 Å². The van der Waals surface area contributed by atoms with Crippen LogP contribution in [0.25, 0.3) is 0 Å². The lowest BCUT2D eigenvalue weighted by atomic mass is 10.0.